The Hall–Kier alpha value is -4.61. The number of hydrogen-bond donors (Lipinski definition) is 6. The summed E-state index contributed by atoms with van der Waals surface area (Å²) in [5.41, 5.74) is -1.12. The number of H-pyrrole nitrogens is 1. The van der Waals surface area contributed by atoms with Crippen LogP contribution < -0.4 is 32.5 Å². The Kier molecular flexibility index (Phi) is 33.5. The van der Waals surface area contributed by atoms with Gasteiger partial charge in [0, 0.05) is 57.0 Å². The number of ether oxygens (including phenoxy) is 2. The lowest BCUT2D eigenvalue weighted by Gasteiger charge is -2.20. The van der Waals surface area contributed by atoms with E-state index in [2.05, 4.69) is 40.1 Å². The second kappa shape index (κ2) is 38.1. The number of unbranched alkanes of at least 4 members (excludes halogenated alkanes) is 21. The van der Waals surface area contributed by atoms with Crippen LogP contribution in [0.4, 0.5) is 4.39 Å². The molecule has 2 heterocycles. The topological polar surface area (TPSA) is 244 Å². The van der Waals surface area contributed by atoms with Gasteiger partial charge in [0.15, 0.2) is 0 Å². The van der Waals surface area contributed by atoms with Crippen molar-refractivity contribution in [3.63, 3.8) is 0 Å². The maximum absolute atomic E-state index is 15.1. The number of carboxylic acid groups (broad SMARTS) is 1. The summed E-state index contributed by atoms with van der Waals surface area (Å²) in [6.07, 6.45) is 23.7. The summed E-state index contributed by atoms with van der Waals surface area (Å²) in [4.78, 5) is 102. The van der Waals surface area contributed by atoms with E-state index in [0.717, 1.165) is 49.5 Å². The zero-order valence-corrected chi connectivity index (χ0v) is 42.9. The van der Waals surface area contributed by atoms with Crippen LogP contribution in [0, 0.1) is 6.92 Å². The Bertz CT molecular complexity index is 1790. The molecular formula is C52H89FN6O11. The zero-order valence-electron chi connectivity index (χ0n) is 42.9. The number of carbonyl (C=O) groups is 6. The molecule has 1 fully saturated rings. The van der Waals surface area contributed by atoms with Crippen LogP contribution in [0.25, 0.3) is 0 Å². The van der Waals surface area contributed by atoms with Crippen LogP contribution in [0.5, 0.6) is 0 Å². The normalized spacial score (nSPS) is 16.3. The molecule has 5 atom stereocenters. The van der Waals surface area contributed by atoms with Crippen LogP contribution in [0.2, 0.25) is 0 Å². The van der Waals surface area contributed by atoms with Gasteiger partial charge in [-0.15, -0.1) is 0 Å². The summed E-state index contributed by atoms with van der Waals surface area (Å²) < 4.78 is 27.2. The van der Waals surface area contributed by atoms with Gasteiger partial charge in [0.05, 0.1) is 0 Å². The van der Waals surface area contributed by atoms with E-state index in [1.165, 1.54) is 103 Å². The monoisotopic (exact) mass is 993 g/mol. The van der Waals surface area contributed by atoms with Crippen molar-refractivity contribution < 1.29 is 47.7 Å². The molecule has 6 N–H and O–H groups in total. The number of nitrogens with one attached hydrogen (secondary N) is 5. The van der Waals surface area contributed by atoms with Crippen LogP contribution in [-0.4, -0.2) is 94.3 Å². The predicted octanol–water partition coefficient (Wildman–Crippen LogP) is 8.04. The third-order valence-electron chi connectivity index (χ3n) is 12.9. The van der Waals surface area contributed by atoms with E-state index < -0.39 is 78.1 Å². The fourth-order valence-corrected chi connectivity index (χ4v) is 8.48. The van der Waals surface area contributed by atoms with Gasteiger partial charge < -0.3 is 35.8 Å². The fraction of sp³-hybridized carbons (Fsp3) is 0.808. The summed E-state index contributed by atoms with van der Waals surface area (Å²) in [5, 5.41) is 20.3. The SMILES string of the molecule is CCCCCCCCCCCCCC(=O)NCCCCC(NC(=O)CCNC(=O)CCC(NC(=O)CCCCCCCCCCCCC)C(=O)OC[C@H]1O[C@@H](n2cc(C)c(=O)[nH]c2=O)C[C@@H]1F)C(=O)O. The highest BCUT2D eigenvalue weighted by atomic mass is 19.1. The van der Waals surface area contributed by atoms with E-state index in [9.17, 15) is 43.5 Å². The number of nitrogens with zero attached hydrogens (tertiary/aromatic N) is 1. The summed E-state index contributed by atoms with van der Waals surface area (Å²) in [6.45, 7) is 5.68. The molecule has 0 saturated carbocycles. The quantitative estimate of drug-likeness (QED) is 0.0270. The van der Waals surface area contributed by atoms with E-state index >= 15 is 4.39 Å². The number of rotatable bonds is 42. The molecule has 0 radical (unpaired) electrons. The van der Waals surface area contributed by atoms with Crippen molar-refractivity contribution in [2.45, 2.75) is 250 Å². The van der Waals surface area contributed by atoms with Crippen molar-refractivity contribution in [1.29, 1.82) is 0 Å². The summed E-state index contributed by atoms with van der Waals surface area (Å²) in [5.74, 6) is -3.63. The molecule has 1 aliphatic heterocycles. The lowest BCUT2D eigenvalue weighted by Crippen LogP contribution is -2.44. The Balaban J connectivity index is 1.76. The summed E-state index contributed by atoms with van der Waals surface area (Å²) in [6, 6.07) is -2.40. The van der Waals surface area contributed by atoms with Crippen molar-refractivity contribution in [2.75, 3.05) is 19.7 Å². The van der Waals surface area contributed by atoms with Crippen molar-refractivity contribution in [3.05, 3.63) is 32.6 Å². The molecule has 400 valence electrons. The standard InChI is InChI=1S/C52H89FN6O11/c1-4-6-8-10-12-14-16-18-20-22-24-29-44(60)54-34-27-26-28-41(50(65)66)56-47(63)33-35-55-45(61)32-31-42(57-46(62)30-25-23-21-19-17-15-13-11-9-7-5-2)51(67)69-38-43-40(53)36-48(70-43)59-37-39(3)49(64)58-52(59)68/h37,40-43,48H,4-36,38H2,1-3H3,(H,54,60)(H,55,61)(H,56,63)(H,57,62)(H,65,66)(H,58,64,68)/t40-,41?,42?,43+,48+/m0/s1. The molecule has 0 aromatic carbocycles. The Morgan fingerprint density at radius 2 is 1.14 bits per heavy atom. The number of carboxylic acids is 1. The molecule has 2 unspecified atom stereocenters. The van der Waals surface area contributed by atoms with Gasteiger partial charge in [-0.2, -0.15) is 0 Å². The number of aryl methyl sites for hydroxylation is 1. The Morgan fingerprint density at radius 3 is 1.70 bits per heavy atom. The molecule has 70 heavy (non-hydrogen) atoms. The molecule has 0 bridgehead atoms. The van der Waals surface area contributed by atoms with Gasteiger partial charge in [-0.25, -0.2) is 18.8 Å². The van der Waals surface area contributed by atoms with E-state index in [1.54, 1.807) is 0 Å². The first-order valence-corrected chi connectivity index (χ1v) is 26.9. The number of aliphatic carboxylic acids is 1. The number of carbonyl (C=O) groups excluding carboxylic acids is 5. The lowest BCUT2D eigenvalue weighted by atomic mass is 10.0. The lowest BCUT2D eigenvalue weighted by molar-refractivity contribution is -0.153. The van der Waals surface area contributed by atoms with Crippen LogP contribution >= 0.6 is 0 Å². The first kappa shape index (κ1) is 61.5. The van der Waals surface area contributed by atoms with Crippen LogP contribution in [-0.2, 0) is 38.2 Å². The third-order valence-corrected chi connectivity index (χ3v) is 12.9. The molecule has 1 saturated heterocycles. The van der Waals surface area contributed by atoms with Crippen molar-refractivity contribution in [3.8, 4) is 0 Å². The maximum Gasteiger partial charge on any atom is 0.330 e. The number of hydrogen-bond acceptors (Lipinski definition) is 10. The van der Waals surface area contributed by atoms with Gasteiger partial charge in [-0.05, 0) is 45.4 Å². The van der Waals surface area contributed by atoms with E-state index in [1.807, 2.05) is 0 Å². The fourth-order valence-electron chi connectivity index (χ4n) is 8.48. The largest absolute Gasteiger partial charge is 0.480 e. The first-order chi connectivity index (χ1) is 33.7. The smallest absolute Gasteiger partial charge is 0.330 e. The Morgan fingerprint density at radius 1 is 0.657 bits per heavy atom. The predicted molar refractivity (Wildman–Crippen MR) is 268 cm³/mol. The molecule has 1 aliphatic rings. The molecule has 17 nitrogen and oxygen atoms in total. The minimum Gasteiger partial charge on any atom is -0.480 e. The minimum absolute atomic E-state index is 0.0169. The summed E-state index contributed by atoms with van der Waals surface area (Å²) in [7, 11) is 0. The van der Waals surface area contributed by atoms with E-state index in [0.29, 0.717) is 32.2 Å². The molecule has 4 amide bonds. The number of alkyl halides is 1. The number of esters is 1. The number of halogens is 1. The maximum atomic E-state index is 15.1. The number of amides is 4. The average molecular weight is 993 g/mol. The molecule has 0 aliphatic carbocycles. The zero-order chi connectivity index (χ0) is 51.4. The second-order valence-electron chi connectivity index (χ2n) is 19.1. The highest BCUT2D eigenvalue weighted by Gasteiger charge is 2.38. The highest BCUT2D eigenvalue weighted by molar-refractivity contribution is 5.86. The van der Waals surface area contributed by atoms with E-state index in [4.69, 9.17) is 9.47 Å². The van der Waals surface area contributed by atoms with Crippen molar-refractivity contribution in [2.24, 2.45) is 0 Å². The van der Waals surface area contributed by atoms with Crippen LogP contribution in [0.3, 0.4) is 0 Å². The van der Waals surface area contributed by atoms with Gasteiger partial charge in [0.1, 0.15) is 37.2 Å². The molecule has 2 rings (SSSR count). The van der Waals surface area contributed by atoms with Gasteiger partial charge in [0.2, 0.25) is 23.6 Å². The molecule has 1 aromatic heterocycles. The second-order valence-corrected chi connectivity index (χ2v) is 19.1. The molecule has 0 spiro atoms. The van der Waals surface area contributed by atoms with Gasteiger partial charge in [0.25, 0.3) is 5.56 Å². The van der Waals surface area contributed by atoms with Crippen LogP contribution in [0.1, 0.15) is 225 Å². The molecule has 1 aromatic rings. The van der Waals surface area contributed by atoms with Gasteiger partial charge >= 0.3 is 17.6 Å². The minimum atomic E-state index is -1.62. The first-order valence-electron chi connectivity index (χ1n) is 26.9. The van der Waals surface area contributed by atoms with E-state index in [-0.39, 0.29) is 56.5 Å². The van der Waals surface area contributed by atoms with Gasteiger partial charge in [-0.1, -0.05) is 142 Å². The van der Waals surface area contributed by atoms with Gasteiger partial charge in [-0.3, -0.25) is 33.5 Å². The molecule has 18 heteroatoms. The molecular weight excluding hydrogens is 904 g/mol. The Labute approximate surface area is 415 Å². The van der Waals surface area contributed by atoms with Crippen molar-refractivity contribution in [1.82, 2.24) is 30.8 Å². The summed E-state index contributed by atoms with van der Waals surface area (Å²) >= 11 is 0. The van der Waals surface area contributed by atoms with Crippen LogP contribution in [0.15, 0.2) is 15.8 Å². The number of aromatic amines is 1. The average Bonchev–Trinajstić information content (AvgIpc) is 3.70. The third kappa shape index (κ3) is 28.3. The number of aromatic nitrogens is 2. The highest BCUT2D eigenvalue weighted by Crippen LogP contribution is 2.30. The van der Waals surface area contributed by atoms with Crippen molar-refractivity contribution >= 4 is 35.6 Å².